The number of nitrogens with zero attached hydrogens (tertiary/aromatic N) is 3. The van der Waals surface area contributed by atoms with Gasteiger partial charge in [-0.3, -0.25) is 19.7 Å². The molecular formula is C27H26ClN3O4S. The number of hydrogen-bond donors (Lipinski definition) is 0. The molecule has 0 spiro atoms. The van der Waals surface area contributed by atoms with Crippen LogP contribution in [0.25, 0.3) is 6.08 Å². The van der Waals surface area contributed by atoms with Crippen molar-refractivity contribution in [1.82, 2.24) is 9.80 Å². The molecule has 0 N–H and O–H groups in total. The number of thiophene rings is 1. The molecule has 0 saturated carbocycles. The zero-order valence-electron chi connectivity index (χ0n) is 19.8. The number of carbonyl (C=O) groups is 2. The van der Waals surface area contributed by atoms with E-state index in [1.54, 1.807) is 34.4 Å². The lowest BCUT2D eigenvalue weighted by Gasteiger charge is -2.37. The second-order valence-electron chi connectivity index (χ2n) is 8.53. The first-order valence-corrected chi connectivity index (χ1v) is 13.0. The Morgan fingerprint density at radius 2 is 1.89 bits per heavy atom. The van der Waals surface area contributed by atoms with Crippen LogP contribution in [0, 0.1) is 10.1 Å². The number of fused-ring (bicyclic) bond motifs is 1. The first-order valence-electron chi connectivity index (χ1n) is 11.7. The first-order chi connectivity index (χ1) is 17.4. The van der Waals surface area contributed by atoms with E-state index in [9.17, 15) is 19.7 Å². The predicted molar refractivity (Wildman–Crippen MR) is 142 cm³/mol. The van der Waals surface area contributed by atoms with E-state index < -0.39 is 4.92 Å². The maximum atomic E-state index is 13.6. The van der Waals surface area contributed by atoms with Gasteiger partial charge in [0.05, 0.1) is 11.0 Å². The molecule has 4 rings (SSSR count). The molecule has 9 heteroatoms. The van der Waals surface area contributed by atoms with Gasteiger partial charge in [0.15, 0.2) is 0 Å². The molecule has 2 heterocycles. The van der Waals surface area contributed by atoms with Gasteiger partial charge in [-0.1, -0.05) is 30.7 Å². The molecule has 7 nitrogen and oxygen atoms in total. The highest BCUT2D eigenvalue weighted by atomic mass is 35.5. The summed E-state index contributed by atoms with van der Waals surface area (Å²) in [6, 6.07) is 15.4. The lowest BCUT2D eigenvalue weighted by Crippen LogP contribution is -2.46. The van der Waals surface area contributed by atoms with E-state index in [0.29, 0.717) is 30.1 Å². The summed E-state index contributed by atoms with van der Waals surface area (Å²) in [6.45, 7) is 2.95. The minimum atomic E-state index is -0.468. The molecule has 1 aliphatic heterocycles. The van der Waals surface area contributed by atoms with Crippen molar-refractivity contribution in [3.05, 3.63) is 103 Å². The van der Waals surface area contributed by atoms with Crippen LogP contribution >= 0.6 is 22.9 Å². The fourth-order valence-corrected chi connectivity index (χ4v) is 5.39. The van der Waals surface area contributed by atoms with Crippen LogP contribution in [-0.2, 0) is 16.0 Å². The summed E-state index contributed by atoms with van der Waals surface area (Å²) in [5.74, 6) is -0.392. The van der Waals surface area contributed by atoms with Gasteiger partial charge in [-0.25, -0.2) is 0 Å². The molecule has 0 aliphatic carbocycles. The molecule has 1 aliphatic rings. The average Bonchev–Trinajstić information content (AvgIpc) is 3.36. The van der Waals surface area contributed by atoms with Gasteiger partial charge in [-0.15, -0.1) is 11.3 Å². The van der Waals surface area contributed by atoms with Crippen molar-refractivity contribution < 1.29 is 14.5 Å². The molecule has 0 radical (unpaired) electrons. The van der Waals surface area contributed by atoms with Crippen LogP contribution in [-0.4, -0.2) is 46.2 Å². The first kappa shape index (κ1) is 25.6. The second-order valence-corrected chi connectivity index (χ2v) is 9.97. The molecule has 0 fully saturated rings. The van der Waals surface area contributed by atoms with Crippen molar-refractivity contribution in [3.8, 4) is 0 Å². The van der Waals surface area contributed by atoms with Crippen molar-refractivity contribution in [2.24, 2.45) is 0 Å². The predicted octanol–water partition coefficient (Wildman–Crippen LogP) is 5.74. The van der Waals surface area contributed by atoms with E-state index in [2.05, 4.69) is 11.4 Å². The molecule has 2 amide bonds. The highest BCUT2D eigenvalue weighted by molar-refractivity contribution is 7.10. The fraction of sp³-hybridized carbons (Fsp3) is 0.259. The number of benzene rings is 2. The van der Waals surface area contributed by atoms with Gasteiger partial charge in [-0.2, -0.15) is 0 Å². The Morgan fingerprint density at radius 1 is 1.17 bits per heavy atom. The quantitative estimate of drug-likeness (QED) is 0.214. The third kappa shape index (κ3) is 5.83. The van der Waals surface area contributed by atoms with Gasteiger partial charge in [0.1, 0.15) is 6.54 Å². The van der Waals surface area contributed by atoms with Crippen molar-refractivity contribution in [3.63, 3.8) is 0 Å². The normalized spacial score (nSPS) is 15.1. The standard InChI is InChI=1S/C27H26ClN3O4S/c1-2-15-29(25(32)12-5-19-3-10-22(11-4-19)31(34)35)18-26(33)30-16-13-24-23(14-17-36-24)27(30)20-6-8-21(28)9-7-20/h3-12,14,17,27H,2,13,15-16,18H2,1H3. The number of hydrogen-bond acceptors (Lipinski definition) is 5. The van der Waals surface area contributed by atoms with E-state index in [1.165, 1.54) is 23.1 Å². The SMILES string of the molecule is CCCN(CC(=O)N1CCc2sccc2C1c1ccc(Cl)cc1)C(=O)C=Cc1ccc([N+](=O)[O-])cc1. The third-order valence-corrected chi connectivity index (χ3v) is 7.37. The third-order valence-electron chi connectivity index (χ3n) is 6.13. The summed E-state index contributed by atoms with van der Waals surface area (Å²) in [4.78, 5) is 41.6. The van der Waals surface area contributed by atoms with Gasteiger partial charge in [-0.05, 0) is 71.3 Å². The molecule has 186 valence electrons. The van der Waals surface area contributed by atoms with Crippen LogP contribution in [0.3, 0.4) is 0 Å². The lowest BCUT2D eigenvalue weighted by molar-refractivity contribution is -0.384. The Morgan fingerprint density at radius 3 is 2.56 bits per heavy atom. The molecule has 1 unspecified atom stereocenters. The highest BCUT2D eigenvalue weighted by Gasteiger charge is 2.33. The summed E-state index contributed by atoms with van der Waals surface area (Å²) in [7, 11) is 0. The number of rotatable bonds is 8. The summed E-state index contributed by atoms with van der Waals surface area (Å²) in [5.41, 5.74) is 2.76. The van der Waals surface area contributed by atoms with Crippen molar-refractivity contribution in [2.45, 2.75) is 25.8 Å². The number of amides is 2. The smallest absolute Gasteiger partial charge is 0.269 e. The number of nitro benzene ring substituents is 1. The van der Waals surface area contributed by atoms with E-state index in [4.69, 9.17) is 11.6 Å². The Hall–Kier alpha value is -3.49. The van der Waals surface area contributed by atoms with Crippen LogP contribution in [0.15, 0.2) is 66.1 Å². The number of halogens is 1. The van der Waals surface area contributed by atoms with Crippen molar-refractivity contribution >= 4 is 46.5 Å². The molecular weight excluding hydrogens is 498 g/mol. The topological polar surface area (TPSA) is 83.8 Å². The number of carbonyl (C=O) groups excluding carboxylic acids is 2. The van der Waals surface area contributed by atoms with E-state index in [0.717, 1.165) is 17.5 Å². The molecule has 2 aromatic carbocycles. The van der Waals surface area contributed by atoms with E-state index in [1.807, 2.05) is 36.1 Å². The lowest BCUT2D eigenvalue weighted by atomic mass is 9.93. The second kappa shape index (κ2) is 11.5. The minimum absolute atomic E-state index is 0.0118. The van der Waals surface area contributed by atoms with E-state index >= 15 is 0 Å². The van der Waals surface area contributed by atoms with Crippen LogP contribution in [0.1, 0.15) is 41.0 Å². The summed E-state index contributed by atoms with van der Waals surface area (Å²) < 4.78 is 0. The monoisotopic (exact) mass is 523 g/mol. The maximum absolute atomic E-state index is 13.6. The Bertz CT molecular complexity index is 1270. The van der Waals surface area contributed by atoms with Crippen LogP contribution in [0.4, 0.5) is 5.69 Å². The average molecular weight is 524 g/mol. The highest BCUT2D eigenvalue weighted by Crippen LogP contribution is 2.38. The number of non-ortho nitro benzene ring substituents is 1. The molecule has 3 aromatic rings. The number of nitro groups is 1. The maximum Gasteiger partial charge on any atom is 0.269 e. The van der Waals surface area contributed by atoms with Gasteiger partial charge < -0.3 is 9.80 Å². The van der Waals surface area contributed by atoms with E-state index in [-0.39, 0.29) is 30.1 Å². The zero-order valence-corrected chi connectivity index (χ0v) is 21.4. The zero-order chi connectivity index (χ0) is 25.7. The summed E-state index contributed by atoms with van der Waals surface area (Å²) in [6.07, 6.45) is 4.51. The summed E-state index contributed by atoms with van der Waals surface area (Å²) in [5, 5.41) is 13.5. The van der Waals surface area contributed by atoms with Crippen LogP contribution < -0.4 is 0 Å². The van der Waals surface area contributed by atoms with Gasteiger partial charge in [0.2, 0.25) is 11.8 Å². The summed E-state index contributed by atoms with van der Waals surface area (Å²) >= 11 is 7.80. The van der Waals surface area contributed by atoms with Crippen LogP contribution in [0.2, 0.25) is 5.02 Å². The molecule has 0 bridgehead atoms. The van der Waals surface area contributed by atoms with Crippen LogP contribution in [0.5, 0.6) is 0 Å². The molecule has 0 saturated heterocycles. The molecule has 1 aromatic heterocycles. The Kier molecular flexibility index (Phi) is 8.18. The Labute approximate surface area is 218 Å². The molecule has 1 atom stereocenters. The van der Waals surface area contributed by atoms with Crippen molar-refractivity contribution in [2.75, 3.05) is 19.6 Å². The van der Waals surface area contributed by atoms with Gasteiger partial charge in [0, 0.05) is 41.2 Å². The van der Waals surface area contributed by atoms with Crippen molar-refractivity contribution in [1.29, 1.82) is 0 Å². The Balaban J connectivity index is 1.51. The van der Waals surface area contributed by atoms with Gasteiger partial charge in [0.25, 0.3) is 5.69 Å². The fourth-order valence-electron chi connectivity index (χ4n) is 4.36. The van der Waals surface area contributed by atoms with Gasteiger partial charge >= 0.3 is 0 Å². The minimum Gasteiger partial charge on any atom is -0.330 e. The molecule has 36 heavy (non-hydrogen) atoms. The largest absolute Gasteiger partial charge is 0.330 e.